The van der Waals surface area contributed by atoms with Gasteiger partial charge in [0.05, 0.1) is 5.92 Å². The molecule has 1 aromatic carbocycles. The molecule has 0 bridgehead atoms. The van der Waals surface area contributed by atoms with Gasteiger partial charge in [-0.15, -0.1) is 0 Å². The average molecular weight is 264 g/mol. The van der Waals surface area contributed by atoms with Crippen LogP contribution < -0.4 is 10.6 Å². The molecule has 1 aliphatic rings. The Morgan fingerprint density at radius 1 is 1.47 bits per heavy atom. The van der Waals surface area contributed by atoms with Crippen molar-refractivity contribution in [3.63, 3.8) is 0 Å². The maximum absolute atomic E-state index is 13.3. The molecule has 0 aliphatic carbocycles. The first kappa shape index (κ1) is 14.0. The highest BCUT2D eigenvalue weighted by Crippen LogP contribution is 2.28. The minimum atomic E-state index is -0.245. The van der Waals surface area contributed by atoms with E-state index in [0.29, 0.717) is 19.0 Å². The smallest absolute Gasteiger partial charge is 0.225 e. The summed E-state index contributed by atoms with van der Waals surface area (Å²) in [4.78, 5) is 12.2. The van der Waals surface area contributed by atoms with Crippen LogP contribution in [0.5, 0.6) is 0 Å². The number of hydrogen-bond acceptors (Lipinski definition) is 2. The summed E-state index contributed by atoms with van der Waals surface area (Å²) >= 11 is 0. The summed E-state index contributed by atoms with van der Waals surface area (Å²) in [5, 5.41) is 6.19. The van der Waals surface area contributed by atoms with Gasteiger partial charge in [-0.3, -0.25) is 4.79 Å². The SMILES string of the molecule is CC(C)CNC(=O)C1CNCC1c1cccc(F)c1. The second kappa shape index (κ2) is 6.15. The molecule has 1 aromatic rings. The average Bonchev–Trinajstić information content (AvgIpc) is 2.85. The fourth-order valence-corrected chi connectivity index (χ4v) is 2.48. The summed E-state index contributed by atoms with van der Waals surface area (Å²) in [6.07, 6.45) is 0. The van der Waals surface area contributed by atoms with Crippen LogP contribution in [0.3, 0.4) is 0 Å². The van der Waals surface area contributed by atoms with Crippen molar-refractivity contribution in [3.05, 3.63) is 35.6 Å². The summed E-state index contributed by atoms with van der Waals surface area (Å²) < 4.78 is 13.3. The van der Waals surface area contributed by atoms with E-state index in [1.54, 1.807) is 6.07 Å². The van der Waals surface area contributed by atoms with Crippen molar-refractivity contribution in [2.24, 2.45) is 11.8 Å². The molecule has 2 atom stereocenters. The molecule has 1 saturated heterocycles. The third kappa shape index (κ3) is 3.53. The maximum atomic E-state index is 13.3. The molecule has 0 saturated carbocycles. The summed E-state index contributed by atoms with van der Waals surface area (Å²) in [5.41, 5.74) is 0.898. The molecule has 1 amide bonds. The number of nitrogens with one attached hydrogen (secondary N) is 2. The quantitative estimate of drug-likeness (QED) is 0.872. The molecule has 0 aromatic heterocycles. The summed E-state index contributed by atoms with van der Waals surface area (Å²) in [6, 6.07) is 6.55. The Kier molecular flexibility index (Phi) is 4.53. The van der Waals surface area contributed by atoms with Gasteiger partial charge in [0.15, 0.2) is 0 Å². The fraction of sp³-hybridized carbons (Fsp3) is 0.533. The van der Waals surface area contributed by atoms with Crippen molar-refractivity contribution < 1.29 is 9.18 Å². The zero-order valence-electron chi connectivity index (χ0n) is 11.4. The van der Waals surface area contributed by atoms with Gasteiger partial charge in [-0.2, -0.15) is 0 Å². The molecule has 0 spiro atoms. The largest absolute Gasteiger partial charge is 0.356 e. The predicted octanol–water partition coefficient (Wildman–Crippen LogP) is 1.90. The van der Waals surface area contributed by atoms with Gasteiger partial charge < -0.3 is 10.6 Å². The molecule has 3 nitrogen and oxygen atoms in total. The van der Waals surface area contributed by atoms with E-state index < -0.39 is 0 Å². The molecule has 104 valence electrons. The van der Waals surface area contributed by atoms with E-state index in [1.807, 2.05) is 6.07 Å². The lowest BCUT2D eigenvalue weighted by atomic mass is 9.88. The highest BCUT2D eigenvalue weighted by atomic mass is 19.1. The van der Waals surface area contributed by atoms with E-state index in [2.05, 4.69) is 24.5 Å². The standard InChI is InChI=1S/C15H21FN2O/c1-10(2)7-18-15(19)14-9-17-8-13(14)11-4-3-5-12(16)6-11/h3-6,10,13-14,17H,7-9H2,1-2H3,(H,18,19). The van der Waals surface area contributed by atoms with Crippen LogP contribution in [0.25, 0.3) is 0 Å². The van der Waals surface area contributed by atoms with E-state index >= 15 is 0 Å². The Hall–Kier alpha value is -1.42. The molecular weight excluding hydrogens is 243 g/mol. The van der Waals surface area contributed by atoms with Crippen LogP contribution in [0.4, 0.5) is 4.39 Å². The number of halogens is 1. The van der Waals surface area contributed by atoms with Crippen molar-refractivity contribution in [2.45, 2.75) is 19.8 Å². The number of benzene rings is 1. The zero-order chi connectivity index (χ0) is 13.8. The minimum absolute atomic E-state index is 0.0582. The molecule has 2 N–H and O–H groups in total. The second-order valence-corrected chi connectivity index (χ2v) is 5.57. The van der Waals surface area contributed by atoms with Crippen LogP contribution in [0.15, 0.2) is 24.3 Å². The number of carbonyl (C=O) groups is 1. The lowest BCUT2D eigenvalue weighted by Crippen LogP contribution is -2.36. The highest BCUT2D eigenvalue weighted by molar-refractivity contribution is 5.80. The van der Waals surface area contributed by atoms with Crippen LogP contribution in [0.1, 0.15) is 25.3 Å². The van der Waals surface area contributed by atoms with Gasteiger partial charge in [0.25, 0.3) is 0 Å². The topological polar surface area (TPSA) is 41.1 Å². The lowest BCUT2D eigenvalue weighted by Gasteiger charge is -2.19. The van der Waals surface area contributed by atoms with Crippen LogP contribution in [-0.2, 0) is 4.79 Å². The molecular formula is C15H21FN2O. The molecule has 1 heterocycles. The molecule has 2 unspecified atom stereocenters. The molecule has 19 heavy (non-hydrogen) atoms. The van der Waals surface area contributed by atoms with Crippen molar-refractivity contribution in [1.29, 1.82) is 0 Å². The highest BCUT2D eigenvalue weighted by Gasteiger charge is 2.33. The van der Waals surface area contributed by atoms with Crippen LogP contribution >= 0.6 is 0 Å². The van der Waals surface area contributed by atoms with Gasteiger partial charge in [0, 0.05) is 25.6 Å². The van der Waals surface area contributed by atoms with Crippen molar-refractivity contribution in [3.8, 4) is 0 Å². The molecule has 1 fully saturated rings. The van der Waals surface area contributed by atoms with E-state index in [1.165, 1.54) is 12.1 Å². The first-order valence-corrected chi connectivity index (χ1v) is 6.82. The second-order valence-electron chi connectivity index (χ2n) is 5.57. The van der Waals surface area contributed by atoms with Gasteiger partial charge in [-0.25, -0.2) is 4.39 Å². The van der Waals surface area contributed by atoms with Gasteiger partial charge in [-0.05, 0) is 23.6 Å². The monoisotopic (exact) mass is 264 g/mol. The fourth-order valence-electron chi connectivity index (χ4n) is 2.48. The minimum Gasteiger partial charge on any atom is -0.356 e. The van der Waals surface area contributed by atoms with Crippen molar-refractivity contribution in [1.82, 2.24) is 10.6 Å². The Morgan fingerprint density at radius 2 is 2.26 bits per heavy atom. The molecule has 1 aliphatic heterocycles. The summed E-state index contributed by atoms with van der Waals surface area (Å²) in [5.74, 6) is 0.202. The number of amides is 1. The van der Waals surface area contributed by atoms with Gasteiger partial charge in [0.2, 0.25) is 5.91 Å². The van der Waals surface area contributed by atoms with E-state index in [0.717, 1.165) is 12.1 Å². The van der Waals surface area contributed by atoms with E-state index in [9.17, 15) is 9.18 Å². The Bertz CT molecular complexity index is 448. The maximum Gasteiger partial charge on any atom is 0.225 e. The Balaban J connectivity index is 2.06. The van der Waals surface area contributed by atoms with E-state index in [4.69, 9.17) is 0 Å². The molecule has 4 heteroatoms. The van der Waals surface area contributed by atoms with Gasteiger partial charge >= 0.3 is 0 Å². The first-order valence-electron chi connectivity index (χ1n) is 6.82. The van der Waals surface area contributed by atoms with Gasteiger partial charge in [-0.1, -0.05) is 26.0 Å². The van der Waals surface area contributed by atoms with Gasteiger partial charge in [0.1, 0.15) is 5.82 Å². The van der Waals surface area contributed by atoms with Crippen LogP contribution in [-0.4, -0.2) is 25.5 Å². The van der Waals surface area contributed by atoms with Crippen LogP contribution in [0, 0.1) is 17.7 Å². The zero-order valence-corrected chi connectivity index (χ0v) is 11.4. The molecule has 0 radical (unpaired) electrons. The predicted molar refractivity (Wildman–Crippen MR) is 73.3 cm³/mol. The lowest BCUT2D eigenvalue weighted by molar-refractivity contribution is -0.124. The summed E-state index contributed by atoms with van der Waals surface area (Å²) in [7, 11) is 0. The first-order chi connectivity index (χ1) is 9.08. The number of hydrogen-bond donors (Lipinski definition) is 2. The molecule has 2 rings (SSSR count). The Morgan fingerprint density at radius 3 is 2.95 bits per heavy atom. The summed E-state index contributed by atoms with van der Waals surface area (Å²) in [6.45, 7) is 6.20. The normalized spacial score (nSPS) is 22.7. The number of carbonyl (C=O) groups excluding carboxylic acids is 1. The van der Waals surface area contributed by atoms with Crippen LogP contribution in [0.2, 0.25) is 0 Å². The van der Waals surface area contributed by atoms with E-state index in [-0.39, 0.29) is 23.6 Å². The third-order valence-electron chi connectivity index (χ3n) is 3.51. The number of rotatable bonds is 4. The van der Waals surface area contributed by atoms with Crippen molar-refractivity contribution in [2.75, 3.05) is 19.6 Å². The third-order valence-corrected chi connectivity index (χ3v) is 3.51. The Labute approximate surface area is 113 Å². The van der Waals surface area contributed by atoms with Crippen molar-refractivity contribution >= 4 is 5.91 Å².